The van der Waals surface area contributed by atoms with E-state index >= 15 is 0 Å². The normalized spacial score (nSPS) is 19.9. The van der Waals surface area contributed by atoms with Crippen LogP contribution in [-0.2, 0) is 11.2 Å². The molecule has 1 heterocycles. The second kappa shape index (κ2) is 5.64. The number of carboxylic acids is 1. The van der Waals surface area contributed by atoms with Gasteiger partial charge in [0.2, 0.25) is 0 Å². The van der Waals surface area contributed by atoms with E-state index < -0.39 is 5.97 Å². The summed E-state index contributed by atoms with van der Waals surface area (Å²) in [7, 11) is 0. The van der Waals surface area contributed by atoms with Crippen molar-refractivity contribution < 1.29 is 9.90 Å². The summed E-state index contributed by atoms with van der Waals surface area (Å²) < 4.78 is 0. The highest BCUT2D eigenvalue weighted by molar-refractivity contribution is 5.79. The predicted octanol–water partition coefficient (Wildman–Crippen LogP) is 2.29. The first kappa shape index (κ1) is 11.9. The molecule has 0 spiro atoms. The van der Waals surface area contributed by atoms with Crippen LogP contribution < -0.4 is 5.32 Å². The minimum atomic E-state index is -0.892. The lowest BCUT2D eigenvalue weighted by molar-refractivity contribution is -0.131. The Morgan fingerprint density at radius 3 is 2.76 bits per heavy atom. The lowest BCUT2D eigenvalue weighted by Gasteiger charge is -2.10. The summed E-state index contributed by atoms with van der Waals surface area (Å²) in [4.78, 5) is 10.3. The summed E-state index contributed by atoms with van der Waals surface area (Å²) in [6, 6.07) is 8.90. The Hall–Kier alpha value is -1.61. The Morgan fingerprint density at radius 1 is 1.41 bits per heavy atom. The Kier molecular flexibility index (Phi) is 3.94. The standard InChI is InChI=1S/C14H17NO2/c16-14(17)5-1-3-11-6-8-12(9-7-11)13-4-2-10-15-13/h1,5-9,13,15H,2-4,10H2,(H,16,17)/b5-1+/t13-/m0/s1. The van der Waals surface area contributed by atoms with Gasteiger partial charge in [-0.15, -0.1) is 0 Å². The van der Waals surface area contributed by atoms with E-state index in [0.29, 0.717) is 12.5 Å². The van der Waals surface area contributed by atoms with Crippen LogP contribution >= 0.6 is 0 Å². The molecule has 0 radical (unpaired) electrons. The molecule has 0 bridgehead atoms. The molecule has 1 aliphatic heterocycles. The van der Waals surface area contributed by atoms with Crippen LogP contribution in [0.1, 0.15) is 30.0 Å². The van der Waals surface area contributed by atoms with E-state index in [-0.39, 0.29) is 0 Å². The van der Waals surface area contributed by atoms with E-state index in [9.17, 15) is 4.79 Å². The number of carboxylic acid groups (broad SMARTS) is 1. The average Bonchev–Trinajstić information content (AvgIpc) is 2.83. The van der Waals surface area contributed by atoms with E-state index in [1.165, 1.54) is 24.5 Å². The van der Waals surface area contributed by atoms with Gasteiger partial charge in [-0.25, -0.2) is 4.79 Å². The highest BCUT2D eigenvalue weighted by Crippen LogP contribution is 2.23. The number of nitrogens with one attached hydrogen (secondary N) is 1. The van der Waals surface area contributed by atoms with E-state index in [4.69, 9.17) is 5.11 Å². The van der Waals surface area contributed by atoms with Crippen LogP contribution in [0.25, 0.3) is 0 Å². The van der Waals surface area contributed by atoms with Crippen molar-refractivity contribution in [3.8, 4) is 0 Å². The highest BCUT2D eigenvalue weighted by Gasteiger charge is 2.15. The van der Waals surface area contributed by atoms with Crippen molar-refractivity contribution in [1.29, 1.82) is 0 Å². The van der Waals surface area contributed by atoms with E-state index in [1.54, 1.807) is 6.08 Å². The van der Waals surface area contributed by atoms with Crippen LogP contribution in [0.15, 0.2) is 36.4 Å². The molecule has 0 aliphatic carbocycles. The minimum Gasteiger partial charge on any atom is -0.478 e. The van der Waals surface area contributed by atoms with Crippen molar-refractivity contribution in [2.45, 2.75) is 25.3 Å². The van der Waals surface area contributed by atoms with Gasteiger partial charge in [-0.3, -0.25) is 0 Å². The molecule has 1 aliphatic rings. The molecule has 0 unspecified atom stereocenters. The quantitative estimate of drug-likeness (QED) is 0.782. The number of carbonyl (C=O) groups is 1. The van der Waals surface area contributed by atoms with Crippen LogP contribution in [0.5, 0.6) is 0 Å². The summed E-state index contributed by atoms with van der Waals surface area (Å²) >= 11 is 0. The zero-order chi connectivity index (χ0) is 12.1. The third-order valence-corrected chi connectivity index (χ3v) is 3.06. The molecule has 2 N–H and O–H groups in total. The maximum absolute atomic E-state index is 10.3. The van der Waals surface area contributed by atoms with Crippen LogP contribution in [0.2, 0.25) is 0 Å². The van der Waals surface area contributed by atoms with Gasteiger partial charge in [-0.1, -0.05) is 30.3 Å². The molecule has 1 fully saturated rings. The summed E-state index contributed by atoms with van der Waals surface area (Å²) in [5.74, 6) is -0.892. The molecule has 0 amide bonds. The Morgan fingerprint density at radius 2 is 2.18 bits per heavy atom. The number of hydrogen-bond acceptors (Lipinski definition) is 2. The number of rotatable bonds is 4. The molecule has 2 rings (SSSR count). The molecule has 1 saturated heterocycles. The number of allylic oxidation sites excluding steroid dienone is 1. The lowest BCUT2D eigenvalue weighted by atomic mass is 10.0. The van der Waals surface area contributed by atoms with Gasteiger partial charge < -0.3 is 10.4 Å². The zero-order valence-corrected chi connectivity index (χ0v) is 9.73. The first-order chi connectivity index (χ1) is 8.25. The molecule has 3 nitrogen and oxygen atoms in total. The molecule has 90 valence electrons. The highest BCUT2D eigenvalue weighted by atomic mass is 16.4. The number of benzene rings is 1. The summed E-state index contributed by atoms with van der Waals surface area (Å²) in [5.41, 5.74) is 2.47. The fourth-order valence-corrected chi connectivity index (χ4v) is 2.15. The Labute approximate surface area is 101 Å². The smallest absolute Gasteiger partial charge is 0.327 e. The minimum absolute atomic E-state index is 0.499. The van der Waals surface area contributed by atoms with Crippen LogP contribution in [-0.4, -0.2) is 17.6 Å². The van der Waals surface area contributed by atoms with Crippen molar-refractivity contribution in [2.24, 2.45) is 0 Å². The SMILES string of the molecule is O=C(O)/C=C/Cc1ccc([C@@H]2CCCN2)cc1. The predicted molar refractivity (Wildman–Crippen MR) is 66.9 cm³/mol. The van der Waals surface area contributed by atoms with Gasteiger partial charge in [0, 0.05) is 12.1 Å². The Bertz CT molecular complexity index is 403. The van der Waals surface area contributed by atoms with Crippen molar-refractivity contribution >= 4 is 5.97 Å². The van der Waals surface area contributed by atoms with Gasteiger partial charge in [0.1, 0.15) is 0 Å². The maximum Gasteiger partial charge on any atom is 0.327 e. The summed E-state index contributed by atoms with van der Waals surface area (Å²) in [5, 5.41) is 11.9. The van der Waals surface area contributed by atoms with Crippen molar-refractivity contribution in [2.75, 3.05) is 6.54 Å². The second-order valence-corrected chi connectivity index (χ2v) is 4.34. The van der Waals surface area contributed by atoms with Crippen molar-refractivity contribution in [3.05, 3.63) is 47.5 Å². The van der Waals surface area contributed by atoms with Gasteiger partial charge in [0.15, 0.2) is 0 Å². The molecule has 1 atom stereocenters. The van der Waals surface area contributed by atoms with Crippen LogP contribution in [0, 0.1) is 0 Å². The Balaban J connectivity index is 1.95. The number of aliphatic carboxylic acids is 1. The summed E-state index contributed by atoms with van der Waals surface area (Å²) in [6.07, 6.45) is 5.98. The second-order valence-electron chi connectivity index (χ2n) is 4.34. The molecular weight excluding hydrogens is 214 g/mol. The third kappa shape index (κ3) is 3.43. The van der Waals surface area contributed by atoms with E-state index in [2.05, 4.69) is 29.6 Å². The monoisotopic (exact) mass is 231 g/mol. The summed E-state index contributed by atoms with van der Waals surface area (Å²) in [6.45, 7) is 1.10. The molecule has 3 heteroatoms. The number of hydrogen-bond donors (Lipinski definition) is 2. The first-order valence-corrected chi connectivity index (χ1v) is 5.97. The van der Waals surface area contributed by atoms with Crippen molar-refractivity contribution in [3.63, 3.8) is 0 Å². The van der Waals surface area contributed by atoms with Crippen LogP contribution in [0.4, 0.5) is 0 Å². The molecule has 1 aromatic carbocycles. The molecular formula is C14H17NO2. The van der Waals surface area contributed by atoms with Gasteiger partial charge in [-0.2, -0.15) is 0 Å². The lowest BCUT2D eigenvalue weighted by Crippen LogP contribution is -2.12. The maximum atomic E-state index is 10.3. The van der Waals surface area contributed by atoms with Crippen LogP contribution in [0.3, 0.4) is 0 Å². The van der Waals surface area contributed by atoms with Gasteiger partial charge >= 0.3 is 5.97 Å². The molecule has 0 aromatic heterocycles. The molecule has 0 saturated carbocycles. The van der Waals surface area contributed by atoms with Crippen molar-refractivity contribution in [1.82, 2.24) is 5.32 Å². The van der Waals surface area contributed by atoms with E-state index in [1.807, 2.05) is 0 Å². The zero-order valence-electron chi connectivity index (χ0n) is 9.73. The third-order valence-electron chi connectivity index (χ3n) is 3.06. The molecule has 1 aromatic rings. The fourth-order valence-electron chi connectivity index (χ4n) is 2.15. The topological polar surface area (TPSA) is 49.3 Å². The van der Waals surface area contributed by atoms with Gasteiger partial charge in [0.05, 0.1) is 0 Å². The van der Waals surface area contributed by atoms with E-state index in [0.717, 1.165) is 12.1 Å². The largest absolute Gasteiger partial charge is 0.478 e. The average molecular weight is 231 g/mol. The van der Waals surface area contributed by atoms with Gasteiger partial charge in [0.25, 0.3) is 0 Å². The van der Waals surface area contributed by atoms with Gasteiger partial charge in [-0.05, 0) is 36.9 Å². The fraction of sp³-hybridized carbons (Fsp3) is 0.357. The first-order valence-electron chi connectivity index (χ1n) is 5.97. The molecule has 17 heavy (non-hydrogen) atoms.